The predicted octanol–water partition coefficient (Wildman–Crippen LogP) is 3.01. The Morgan fingerprint density at radius 3 is 2.83 bits per heavy atom. The molecule has 3 rings (SSSR count). The Morgan fingerprint density at radius 1 is 1.39 bits per heavy atom. The molecular weight excluding hydrogens is 288 g/mol. The van der Waals surface area contributed by atoms with Gasteiger partial charge in [0.05, 0.1) is 11.7 Å². The van der Waals surface area contributed by atoms with Gasteiger partial charge in [0.2, 0.25) is 11.9 Å². The minimum absolute atomic E-state index is 0.0421. The molecule has 1 N–H and O–H groups in total. The Bertz CT molecular complexity index is 578. The van der Waals surface area contributed by atoms with E-state index in [1.54, 1.807) is 0 Å². The maximum atomic E-state index is 12.0. The predicted molar refractivity (Wildman–Crippen MR) is 91.4 cm³/mol. The lowest BCUT2D eigenvalue weighted by Crippen LogP contribution is -2.37. The summed E-state index contributed by atoms with van der Waals surface area (Å²) in [4.78, 5) is 23.8. The molecule has 0 spiro atoms. The van der Waals surface area contributed by atoms with Crippen LogP contribution in [0.3, 0.4) is 0 Å². The molecule has 5 nitrogen and oxygen atoms in total. The van der Waals surface area contributed by atoms with E-state index in [9.17, 15) is 4.79 Å². The van der Waals surface area contributed by atoms with Gasteiger partial charge in [0.15, 0.2) is 0 Å². The molecule has 5 heteroatoms. The van der Waals surface area contributed by atoms with Gasteiger partial charge in [-0.3, -0.25) is 4.79 Å². The number of anilines is 1. The standard InChI is InChI=1S/C18H28N4O/c1-4-7-16(23)20-14-10-18(2,3)11-15-13(14)12-19-17(21-15)22-8-5-6-9-22/h12,14H,4-11H2,1-3H3,(H,20,23)/t14-/m0/s1. The van der Waals surface area contributed by atoms with Crippen molar-refractivity contribution in [2.24, 2.45) is 5.41 Å². The van der Waals surface area contributed by atoms with Gasteiger partial charge in [-0.2, -0.15) is 0 Å². The average molecular weight is 316 g/mol. The maximum absolute atomic E-state index is 12.0. The Kier molecular flexibility index (Phi) is 4.55. The molecule has 1 aliphatic heterocycles. The lowest BCUT2D eigenvalue weighted by Gasteiger charge is -2.36. The molecule has 2 heterocycles. The summed E-state index contributed by atoms with van der Waals surface area (Å²) in [5.41, 5.74) is 2.37. The summed E-state index contributed by atoms with van der Waals surface area (Å²) < 4.78 is 0. The van der Waals surface area contributed by atoms with Crippen molar-refractivity contribution < 1.29 is 4.79 Å². The number of nitrogens with one attached hydrogen (secondary N) is 1. The second-order valence-corrected chi connectivity index (χ2v) is 7.68. The van der Waals surface area contributed by atoms with Crippen molar-refractivity contribution in [2.45, 2.75) is 65.3 Å². The Balaban J connectivity index is 1.86. The fraction of sp³-hybridized carbons (Fsp3) is 0.722. The molecular formula is C18H28N4O. The van der Waals surface area contributed by atoms with Gasteiger partial charge in [-0.05, 0) is 37.5 Å². The molecule has 0 bridgehead atoms. The summed E-state index contributed by atoms with van der Waals surface area (Å²) in [6, 6.07) is 0.0421. The van der Waals surface area contributed by atoms with E-state index in [0.29, 0.717) is 6.42 Å². The molecule has 1 aromatic rings. The summed E-state index contributed by atoms with van der Waals surface area (Å²) in [7, 11) is 0. The van der Waals surface area contributed by atoms with E-state index in [1.807, 2.05) is 13.1 Å². The molecule has 0 aromatic carbocycles. The van der Waals surface area contributed by atoms with Crippen LogP contribution >= 0.6 is 0 Å². The quantitative estimate of drug-likeness (QED) is 0.927. The van der Waals surface area contributed by atoms with Crippen LogP contribution in [-0.2, 0) is 11.2 Å². The second-order valence-electron chi connectivity index (χ2n) is 7.68. The zero-order valence-electron chi connectivity index (χ0n) is 14.6. The van der Waals surface area contributed by atoms with Crippen molar-refractivity contribution in [3.63, 3.8) is 0 Å². The fourth-order valence-electron chi connectivity index (χ4n) is 3.73. The SMILES string of the molecule is CCCC(=O)N[C@H]1CC(C)(C)Cc2nc(N3CCCC3)ncc21. The number of carbonyl (C=O) groups excluding carboxylic acids is 1. The molecule has 1 saturated heterocycles. The number of amides is 1. The van der Waals surface area contributed by atoms with Crippen molar-refractivity contribution >= 4 is 11.9 Å². The highest BCUT2D eigenvalue weighted by molar-refractivity contribution is 5.76. The highest BCUT2D eigenvalue weighted by atomic mass is 16.1. The van der Waals surface area contributed by atoms with Crippen molar-refractivity contribution in [2.75, 3.05) is 18.0 Å². The van der Waals surface area contributed by atoms with Crippen LogP contribution in [0.1, 0.15) is 70.2 Å². The molecule has 0 radical (unpaired) electrons. The van der Waals surface area contributed by atoms with E-state index >= 15 is 0 Å². The number of rotatable bonds is 4. The van der Waals surface area contributed by atoms with Gasteiger partial charge in [-0.1, -0.05) is 20.8 Å². The third-order valence-electron chi connectivity index (χ3n) is 4.87. The molecule has 1 amide bonds. The summed E-state index contributed by atoms with van der Waals surface area (Å²) in [5, 5.41) is 3.19. The minimum Gasteiger partial charge on any atom is -0.349 e. The smallest absolute Gasteiger partial charge is 0.225 e. The topological polar surface area (TPSA) is 58.1 Å². The number of nitrogens with zero attached hydrogens (tertiary/aromatic N) is 3. The highest BCUT2D eigenvalue weighted by Crippen LogP contribution is 2.40. The van der Waals surface area contributed by atoms with Gasteiger partial charge in [0, 0.05) is 31.3 Å². The first-order valence-corrected chi connectivity index (χ1v) is 8.88. The van der Waals surface area contributed by atoms with Crippen molar-refractivity contribution in [3.05, 3.63) is 17.5 Å². The normalized spacial score (nSPS) is 22.7. The van der Waals surface area contributed by atoms with Crippen LogP contribution in [0.15, 0.2) is 6.20 Å². The molecule has 1 atom stereocenters. The van der Waals surface area contributed by atoms with Crippen molar-refractivity contribution in [1.82, 2.24) is 15.3 Å². The van der Waals surface area contributed by atoms with Gasteiger partial charge in [0.25, 0.3) is 0 Å². The van der Waals surface area contributed by atoms with Crippen molar-refractivity contribution in [1.29, 1.82) is 0 Å². The van der Waals surface area contributed by atoms with Gasteiger partial charge < -0.3 is 10.2 Å². The maximum Gasteiger partial charge on any atom is 0.225 e. The summed E-state index contributed by atoms with van der Waals surface area (Å²) in [6.07, 6.45) is 7.75. The molecule has 23 heavy (non-hydrogen) atoms. The summed E-state index contributed by atoms with van der Waals surface area (Å²) in [5.74, 6) is 0.988. The third-order valence-corrected chi connectivity index (χ3v) is 4.87. The Morgan fingerprint density at radius 2 is 2.13 bits per heavy atom. The van der Waals surface area contributed by atoms with Crippen LogP contribution in [0.25, 0.3) is 0 Å². The zero-order valence-corrected chi connectivity index (χ0v) is 14.6. The molecule has 1 fully saturated rings. The van der Waals surface area contributed by atoms with Crippen LogP contribution in [-0.4, -0.2) is 29.0 Å². The Hall–Kier alpha value is -1.65. The monoisotopic (exact) mass is 316 g/mol. The highest BCUT2D eigenvalue weighted by Gasteiger charge is 2.34. The average Bonchev–Trinajstić information content (AvgIpc) is 2.99. The Labute approximate surface area is 138 Å². The lowest BCUT2D eigenvalue weighted by atomic mass is 9.74. The molecule has 126 valence electrons. The van der Waals surface area contributed by atoms with E-state index in [0.717, 1.165) is 49.6 Å². The molecule has 0 unspecified atom stereocenters. The van der Waals surface area contributed by atoms with E-state index in [4.69, 9.17) is 4.98 Å². The van der Waals surface area contributed by atoms with Crippen LogP contribution in [0.5, 0.6) is 0 Å². The van der Waals surface area contributed by atoms with Gasteiger partial charge in [-0.15, -0.1) is 0 Å². The van der Waals surface area contributed by atoms with E-state index in [2.05, 4.69) is 29.0 Å². The molecule has 1 aromatic heterocycles. The van der Waals surface area contributed by atoms with Gasteiger partial charge >= 0.3 is 0 Å². The number of hydrogen-bond acceptors (Lipinski definition) is 4. The van der Waals surface area contributed by atoms with Crippen molar-refractivity contribution in [3.8, 4) is 0 Å². The summed E-state index contributed by atoms with van der Waals surface area (Å²) >= 11 is 0. The van der Waals surface area contributed by atoms with Gasteiger partial charge in [-0.25, -0.2) is 9.97 Å². The van der Waals surface area contributed by atoms with Crippen LogP contribution in [0.4, 0.5) is 5.95 Å². The minimum atomic E-state index is 0.0421. The lowest BCUT2D eigenvalue weighted by molar-refractivity contribution is -0.122. The van der Waals surface area contributed by atoms with Gasteiger partial charge in [0.1, 0.15) is 0 Å². The first-order valence-electron chi connectivity index (χ1n) is 8.88. The number of hydrogen-bond donors (Lipinski definition) is 1. The largest absolute Gasteiger partial charge is 0.349 e. The molecule has 1 aliphatic carbocycles. The summed E-state index contributed by atoms with van der Waals surface area (Å²) in [6.45, 7) is 8.65. The fourth-order valence-corrected chi connectivity index (χ4v) is 3.73. The number of aromatic nitrogens is 2. The van der Waals surface area contributed by atoms with E-state index < -0.39 is 0 Å². The second kappa shape index (κ2) is 6.46. The van der Waals surface area contributed by atoms with E-state index in [-0.39, 0.29) is 17.4 Å². The van der Waals surface area contributed by atoms with Crippen LogP contribution in [0.2, 0.25) is 0 Å². The number of carbonyl (C=O) groups is 1. The van der Waals surface area contributed by atoms with Crippen LogP contribution < -0.4 is 10.2 Å². The van der Waals surface area contributed by atoms with E-state index in [1.165, 1.54) is 12.8 Å². The number of fused-ring (bicyclic) bond motifs is 1. The molecule has 2 aliphatic rings. The third kappa shape index (κ3) is 3.65. The zero-order chi connectivity index (χ0) is 16.4. The molecule has 0 saturated carbocycles. The first kappa shape index (κ1) is 16.2. The van der Waals surface area contributed by atoms with Crippen LogP contribution in [0, 0.1) is 5.41 Å². The first-order chi connectivity index (χ1) is 11.0.